The van der Waals surface area contributed by atoms with Crippen molar-refractivity contribution in [1.29, 1.82) is 0 Å². The van der Waals surface area contributed by atoms with Crippen molar-refractivity contribution in [2.24, 2.45) is 5.73 Å². The van der Waals surface area contributed by atoms with Crippen LogP contribution in [0.5, 0.6) is 0 Å². The molecule has 0 saturated heterocycles. The van der Waals surface area contributed by atoms with Crippen molar-refractivity contribution in [3.05, 3.63) is 65.4 Å². The summed E-state index contributed by atoms with van der Waals surface area (Å²) in [6.45, 7) is -0.308. The van der Waals surface area contributed by atoms with Gasteiger partial charge >= 0.3 is 6.18 Å². The number of sulfonamides is 1. The molecule has 0 unspecified atom stereocenters. The zero-order valence-electron chi connectivity index (χ0n) is 18.3. The van der Waals surface area contributed by atoms with Crippen molar-refractivity contribution in [3.8, 4) is 0 Å². The number of benzene rings is 1. The third kappa shape index (κ3) is 6.11. The van der Waals surface area contributed by atoms with Gasteiger partial charge < -0.3 is 16.4 Å². The van der Waals surface area contributed by atoms with Gasteiger partial charge in [0.25, 0.3) is 5.91 Å². The molecular weight excluding hydrogens is 494 g/mol. The number of hydrogen-bond acceptors (Lipinski definition) is 8. The summed E-state index contributed by atoms with van der Waals surface area (Å²) in [4.78, 5) is 22.9. The lowest BCUT2D eigenvalue weighted by Gasteiger charge is -2.20. The summed E-state index contributed by atoms with van der Waals surface area (Å²) in [7, 11) is -2.37. The molecule has 0 bridgehead atoms. The maximum atomic E-state index is 13.7. The summed E-state index contributed by atoms with van der Waals surface area (Å²) in [5.41, 5.74) is 3.90. The molecular formula is C20H19F4N7O3S. The molecule has 2 aromatic heterocycles. The molecule has 10 nitrogen and oxygen atoms in total. The van der Waals surface area contributed by atoms with E-state index in [0.717, 1.165) is 22.7 Å². The fourth-order valence-corrected chi connectivity index (χ4v) is 3.43. The molecule has 0 atom stereocenters. The van der Waals surface area contributed by atoms with Crippen molar-refractivity contribution >= 4 is 39.1 Å². The lowest BCUT2D eigenvalue weighted by atomic mass is 10.2. The van der Waals surface area contributed by atoms with Crippen LogP contribution in [0.3, 0.4) is 0 Å². The summed E-state index contributed by atoms with van der Waals surface area (Å²) in [6.07, 6.45) is -1.94. The second-order valence-corrected chi connectivity index (χ2v) is 9.20. The van der Waals surface area contributed by atoms with Crippen molar-refractivity contribution in [2.75, 3.05) is 28.2 Å². The van der Waals surface area contributed by atoms with Gasteiger partial charge in [-0.05, 0) is 30.3 Å². The van der Waals surface area contributed by atoms with Gasteiger partial charge in [0, 0.05) is 25.1 Å². The maximum Gasteiger partial charge on any atom is 0.421 e. The number of nitrogens with zero attached hydrogens (tertiary/aromatic N) is 4. The Morgan fingerprint density at radius 3 is 2.54 bits per heavy atom. The Balaban J connectivity index is 1.93. The number of carbonyl (C=O) groups excluding carboxylic acids is 1. The smallest absolute Gasteiger partial charge is 0.366 e. The SMILES string of the molecule is CN(c1cccnc1CNc1nc(Nc2ccc(F)c(C(N)=O)c2)ncc1C(F)(F)F)S(C)(=O)=O. The van der Waals surface area contributed by atoms with Crippen molar-refractivity contribution in [2.45, 2.75) is 12.7 Å². The lowest BCUT2D eigenvalue weighted by Crippen LogP contribution is -2.26. The van der Waals surface area contributed by atoms with E-state index in [1.165, 1.54) is 31.4 Å². The van der Waals surface area contributed by atoms with Crippen LogP contribution >= 0.6 is 0 Å². The number of aromatic nitrogens is 3. The van der Waals surface area contributed by atoms with E-state index in [1.807, 2.05) is 0 Å². The first-order valence-electron chi connectivity index (χ1n) is 9.69. The van der Waals surface area contributed by atoms with Gasteiger partial charge in [-0.3, -0.25) is 14.1 Å². The topological polar surface area (TPSA) is 143 Å². The van der Waals surface area contributed by atoms with Crippen LogP contribution in [0.2, 0.25) is 0 Å². The van der Waals surface area contributed by atoms with Crippen molar-refractivity contribution in [1.82, 2.24) is 15.0 Å². The van der Waals surface area contributed by atoms with E-state index >= 15 is 0 Å². The molecule has 0 radical (unpaired) electrons. The molecule has 2 heterocycles. The number of rotatable bonds is 8. The number of nitrogens with one attached hydrogen (secondary N) is 2. The van der Waals surface area contributed by atoms with Crippen molar-refractivity contribution in [3.63, 3.8) is 0 Å². The fourth-order valence-electron chi connectivity index (χ4n) is 2.90. The van der Waals surface area contributed by atoms with E-state index < -0.39 is 44.9 Å². The molecule has 3 aromatic rings. The molecule has 0 saturated carbocycles. The van der Waals surface area contributed by atoms with Gasteiger partial charge in [0.1, 0.15) is 17.2 Å². The van der Waals surface area contributed by atoms with Crippen LogP contribution in [0.1, 0.15) is 21.6 Å². The first-order valence-corrected chi connectivity index (χ1v) is 11.5. The van der Waals surface area contributed by atoms with Crippen LogP contribution < -0.4 is 20.7 Å². The second-order valence-electron chi connectivity index (χ2n) is 7.19. The Morgan fingerprint density at radius 2 is 1.91 bits per heavy atom. The van der Waals surface area contributed by atoms with Gasteiger partial charge in [-0.2, -0.15) is 18.2 Å². The molecule has 1 aromatic carbocycles. The predicted octanol–water partition coefficient (Wildman–Crippen LogP) is 2.88. The van der Waals surface area contributed by atoms with Crippen LogP contribution in [0, 0.1) is 5.82 Å². The Kier molecular flexibility index (Phi) is 7.09. The summed E-state index contributed by atoms with van der Waals surface area (Å²) in [6, 6.07) is 6.17. The number of amides is 1. The highest BCUT2D eigenvalue weighted by Crippen LogP contribution is 2.34. The first kappa shape index (κ1) is 25.6. The lowest BCUT2D eigenvalue weighted by molar-refractivity contribution is -0.137. The van der Waals surface area contributed by atoms with Gasteiger partial charge in [-0.25, -0.2) is 17.8 Å². The molecule has 1 amide bonds. The molecule has 0 aliphatic carbocycles. The normalized spacial score (nSPS) is 11.7. The van der Waals surface area contributed by atoms with Crippen LogP contribution in [-0.2, 0) is 22.7 Å². The van der Waals surface area contributed by atoms with E-state index in [1.54, 1.807) is 0 Å². The number of pyridine rings is 1. The molecule has 4 N–H and O–H groups in total. The molecule has 0 spiro atoms. The predicted molar refractivity (Wildman–Crippen MR) is 120 cm³/mol. The number of carbonyl (C=O) groups is 1. The zero-order chi connectivity index (χ0) is 26.0. The molecule has 0 aliphatic heterocycles. The Bertz CT molecular complexity index is 1370. The molecule has 3 rings (SSSR count). The average Bonchev–Trinajstić information content (AvgIpc) is 2.77. The zero-order valence-corrected chi connectivity index (χ0v) is 19.1. The van der Waals surface area contributed by atoms with Crippen LogP contribution in [-0.4, -0.2) is 42.6 Å². The number of nitrogens with two attached hydrogens (primary N) is 1. The highest BCUT2D eigenvalue weighted by molar-refractivity contribution is 7.92. The minimum atomic E-state index is -4.81. The van der Waals surface area contributed by atoms with Gasteiger partial charge in [-0.1, -0.05) is 0 Å². The van der Waals surface area contributed by atoms with Crippen molar-refractivity contribution < 1.29 is 30.8 Å². The number of alkyl halides is 3. The minimum Gasteiger partial charge on any atom is -0.366 e. The van der Waals surface area contributed by atoms with Gasteiger partial charge in [0.05, 0.1) is 29.7 Å². The third-order valence-electron chi connectivity index (χ3n) is 4.71. The number of anilines is 4. The average molecular weight is 513 g/mol. The van der Waals surface area contributed by atoms with Crippen LogP contribution in [0.25, 0.3) is 0 Å². The second kappa shape index (κ2) is 9.69. The number of hydrogen-bond donors (Lipinski definition) is 3. The van der Waals surface area contributed by atoms with E-state index in [9.17, 15) is 30.8 Å². The molecule has 0 fully saturated rings. The Labute approximate surface area is 197 Å². The number of primary amides is 1. The molecule has 186 valence electrons. The number of halogens is 4. The van der Waals surface area contributed by atoms with E-state index in [-0.39, 0.29) is 29.6 Å². The van der Waals surface area contributed by atoms with E-state index in [4.69, 9.17) is 5.73 Å². The standard InChI is InChI=1S/C20H19F4N7O3S/c1-31(35(2,33)34)16-4-3-7-26-15(16)10-27-18-13(20(22,23)24)9-28-19(30-18)29-11-5-6-14(21)12(8-11)17(25)32/h3-9H,10H2,1-2H3,(H2,25,32)(H2,27,28,29,30). The van der Waals surface area contributed by atoms with Gasteiger partial charge in [-0.15, -0.1) is 0 Å². The largest absolute Gasteiger partial charge is 0.421 e. The summed E-state index contributed by atoms with van der Waals surface area (Å²) in [5, 5.41) is 5.10. The quantitative estimate of drug-likeness (QED) is 0.390. The fraction of sp³-hybridized carbons (Fsp3) is 0.200. The molecule has 15 heteroatoms. The third-order valence-corrected chi connectivity index (χ3v) is 5.90. The van der Waals surface area contributed by atoms with E-state index in [0.29, 0.717) is 6.20 Å². The van der Waals surface area contributed by atoms with Gasteiger partial charge in [0.15, 0.2) is 0 Å². The molecule has 35 heavy (non-hydrogen) atoms. The van der Waals surface area contributed by atoms with Crippen LogP contribution in [0.15, 0.2) is 42.7 Å². The highest BCUT2D eigenvalue weighted by atomic mass is 32.2. The first-order chi connectivity index (χ1) is 16.3. The summed E-state index contributed by atoms with van der Waals surface area (Å²) >= 11 is 0. The maximum absolute atomic E-state index is 13.7. The minimum absolute atomic E-state index is 0.104. The monoisotopic (exact) mass is 513 g/mol. The Morgan fingerprint density at radius 1 is 1.20 bits per heavy atom. The van der Waals surface area contributed by atoms with Crippen LogP contribution in [0.4, 0.5) is 40.7 Å². The molecule has 0 aliphatic rings. The Hall–Kier alpha value is -4.01. The summed E-state index contributed by atoms with van der Waals surface area (Å²) < 4.78 is 79.1. The van der Waals surface area contributed by atoms with E-state index in [2.05, 4.69) is 25.6 Å². The van der Waals surface area contributed by atoms with Gasteiger partial charge in [0.2, 0.25) is 16.0 Å². The highest BCUT2D eigenvalue weighted by Gasteiger charge is 2.35. The summed E-state index contributed by atoms with van der Waals surface area (Å²) in [5.74, 6) is -2.82.